The molecule has 4 nitrogen and oxygen atoms in total. The highest BCUT2D eigenvalue weighted by Crippen LogP contribution is 2.08. The van der Waals surface area contributed by atoms with E-state index in [0.717, 1.165) is 0 Å². The summed E-state index contributed by atoms with van der Waals surface area (Å²) in [7, 11) is 0. The monoisotopic (exact) mass is 236 g/mol. The molecule has 0 spiro atoms. The van der Waals surface area contributed by atoms with Crippen LogP contribution >= 0.6 is 0 Å². The number of benzene rings is 1. The molecular formula is C12H13FN2O2. The lowest BCUT2D eigenvalue weighted by Gasteiger charge is -2.25. The molecule has 0 unspecified atom stereocenters. The first kappa shape index (κ1) is 11.7. The van der Waals surface area contributed by atoms with Gasteiger partial charge < -0.3 is 0 Å². The Bertz CT molecular complexity index is 432. The molecule has 1 aliphatic rings. The van der Waals surface area contributed by atoms with Crippen LogP contribution < -0.4 is 5.32 Å². The normalized spacial score (nSPS) is 17.0. The average Bonchev–Trinajstić information content (AvgIpc) is 2.27. The zero-order valence-corrected chi connectivity index (χ0v) is 9.28. The topological polar surface area (TPSA) is 49.4 Å². The van der Waals surface area contributed by atoms with Crippen molar-refractivity contribution in [3.8, 4) is 0 Å². The number of amides is 2. The molecule has 1 aromatic rings. The Balaban J connectivity index is 1.92. The van der Waals surface area contributed by atoms with Gasteiger partial charge in [0.2, 0.25) is 11.8 Å². The quantitative estimate of drug-likeness (QED) is 0.769. The summed E-state index contributed by atoms with van der Waals surface area (Å²) in [6, 6.07) is 6.52. The molecule has 5 heteroatoms. The van der Waals surface area contributed by atoms with Crippen molar-refractivity contribution < 1.29 is 14.0 Å². The van der Waals surface area contributed by atoms with Crippen molar-refractivity contribution in [1.82, 2.24) is 10.2 Å². The molecule has 0 atom stereocenters. The fourth-order valence-corrected chi connectivity index (χ4v) is 1.83. The van der Waals surface area contributed by atoms with E-state index < -0.39 is 0 Å². The molecule has 0 radical (unpaired) electrons. The van der Waals surface area contributed by atoms with E-state index in [1.807, 2.05) is 0 Å². The zero-order valence-electron chi connectivity index (χ0n) is 9.28. The van der Waals surface area contributed by atoms with Crippen LogP contribution in [0.2, 0.25) is 0 Å². The number of hydrogen-bond donors (Lipinski definition) is 1. The maximum Gasteiger partial charge on any atom is 0.240 e. The first-order valence-corrected chi connectivity index (χ1v) is 5.43. The van der Waals surface area contributed by atoms with Crippen LogP contribution in [0.1, 0.15) is 5.56 Å². The maximum absolute atomic E-state index is 13.3. The van der Waals surface area contributed by atoms with Crippen LogP contribution in [0.15, 0.2) is 24.3 Å². The number of nitrogens with zero attached hydrogens (tertiary/aromatic N) is 1. The number of imide groups is 1. The molecule has 0 saturated carbocycles. The number of hydrogen-bond acceptors (Lipinski definition) is 3. The number of carbonyl (C=O) groups excluding carboxylic acids is 2. The Morgan fingerprint density at radius 2 is 1.82 bits per heavy atom. The molecule has 1 N–H and O–H groups in total. The molecule has 1 fully saturated rings. The summed E-state index contributed by atoms with van der Waals surface area (Å²) in [4.78, 5) is 23.9. The second-order valence-corrected chi connectivity index (χ2v) is 4.02. The third kappa shape index (κ3) is 3.10. The van der Waals surface area contributed by atoms with Crippen LogP contribution in [0.25, 0.3) is 0 Å². The molecule has 0 aliphatic carbocycles. The molecule has 17 heavy (non-hydrogen) atoms. The maximum atomic E-state index is 13.3. The molecule has 1 heterocycles. The van der Waals surface area contributed by atoms with Crippen molar-refractivity contribution in [1.29, 1.82) is 0 Å². The lowest BCUT2D eigenvalue weighted by Crippen LogP contribution is -2.51. The SMILES string of the molecule is O=C1CN(CCc2ccccc2F)CC(=O)N1. The molecule has 1 aliphatic heterocycles. The number of carbonyl (C=O) groups is 2. The third-order valence-corrected chi connectivity index (χ3v) is 2.67. The molecule has 0 bridgehead atoms. The average molecular weight is 236 g/mol. The minimum absolute atomic E-state index is 0.195. The van der Waals surface area contributed by atoms with Crippen molar-refractivity contribution in [2.75, 3.05) is 19.6 Å². The summed E-state index contributed by atoms with van der Waals surface area (Å²) in [5.41, 5.74) is 0.603. The first-order chi connectivity index (χ1) is 8.15. The van der Waals surface area contributed by atoms with Gasteiger partial charge in [-0.05, 0) is 18.1 Å². The number of nitrogens with one attached hydrogen (secondary N) is 1. The standard InChI is InChI=1S/C12H13FN2O2/c13-10-4-2-1-3-9(10)5-6-15-7-11(16)14-12(17)8-15/h1-4H,5-8H2,(H,14,16,17). The molecule has 2 rings (SSSR count). The number of halogens is 1. The van der Waals surface area contributed by atoms with Crippen molar-refractivity contribution in [2.45, 2.75) is 6.42 Å². The number of piperazine rings is 1. The van der Waals surface area contributed by atoms with E-state index in [-0.39, 0.29) is 30.7 Å². The van der Waals surface area contributed by atoms with Gasteiger partial charge in [0.15, 0.2) is 0 Å². The van der Waals surface area contributed by atoms with Crippen LogP contribution in [-0.4, -0.2) is 36.3 Å². The lowest BCUT2D eigenvalue weighted by molar-refractivity contribution is -0.135. The molecule has 2 amide bonds. The van der Waals surface area contributed by atoms with Crippen LogP contribution in [0.3, 0.4) is 0 Å². The fraction of sp³-hybridized carbons (Fsp3) is 0.333. The highest BCUT2D eigenvalue weighted by Gasteiger charge is 2.21. The van der Waals surface area contributed by atoms with Gasteiger partial charge in [0, 0.05) is 6.54 Å². The fourth-order valence-electron chi connectivity index (χ4n) is 1.83. The molecular weight excluding hydrogens is 223 g/mol. The smallest absolute Gasteiger partial charge is 0.240 e. The van der Waals surface area contributed by atoms with Crippen LogP contribution in [0.4, 0.5) is 4.39 Å². The highest BCUT2D eigenvalue weighted by atomic mass is 19.1. The molecule has 90 valence electrons. The summed E-state index contributed by atoms with van der Waals surface area (Å²) in [5.74, 6) is -0.843. The molecule has 1 aromatic carbocycles. The van der Waals surface area contributed by atoms with E-state index in [4.69, 9.17) is 0 Å². The van der Waals surface area contributed by atoms with Crippen molar-refractivity contribution in [2.24, 2.45) is 0 Å². The van der Waals surface area contributed by atoms with Crippen LogP contribution in [0, 0.1) is 5.82 Å². The first-order valence-electron chi connectivity index (χ1n) is 5.43. The summed E-state index contributed by atoms with van der Waals surface area (Å²) in [6.45, 7) is 0.889. The van der Waals surface area contributed by atoms with E-state index >= 15 is 0 Å². The lowest BCUT2D eigenvalue weighted by atomic mass is 10.1. The van der Waals surface area contributed by atoms with E-state index in [0.29, 0.717) is 18.5 Å². The van der Waals surface area contributed by atoms with Gasteiger partial charge in [0.05, 0.1) is 13.1 Å². The number of rotatable bonds is 3. The molecule has 1 saturated heterocycles. The van der Waals surface area contributed by atoms with Gasteiger partial charge in [-0.15, -0.1) is 0 Å². The second kappa shape index (κ2) is 5.05. The van der Waals surface area contributed by atoms with Gasteiger partial charge >= 0.3 is 0 Å². The Labute approximate surface area is 98.4 Å². The second-order valence-electron chi connectivity index (χ2n) is 4.02. The van der Waals surface area contributed by atoms with E-state index in [1.165, 1.54) is 6.07 Å². The minimum atomic E-state index is -0.296. The minimum Gasteiger partial charge on any atom is -0.294 e. The van der Waals surface area contributed by atoms with Crippen LogP contribution in [0.5, 0.6) is 0 Å². The van der Waals surface area contributed by atoms with Gasteiger partial charge in [-0.25, -0.2) is 4.39 Å². The van der Waals surface area contributed by atoms with Crippen molar-refractivity contribution in [3.05, 3.63) is 35.6 Å². The Kier molecular flexibility index (Phi) is 3.49. The predicted molar refractivity (Wildman–Crippen MR) is 59.7 cm³/mol. The molecule has 0 aromatic heterocycles. The summed E-state index contributed by atoms with van der Waals surface area (Å²) >= 11 is 0. The van der Waals surface area contributed by atoms with Gasteiger partial charge in [-0.1, -0.05) is 18.2 Å². The highest BCUT2D eigenvalue weighted by molar-refractivity contribution is 5.99. The zero-order chi connectivity index (χ0) is 12.3. The van der Waals surface area contributed by atoms with E-state index in [2.05, 4.69) is 5.32 Å². The van der Waals surface area contributed by atoms with Crippen molar-refractivity contribution in [3.63, 3.8) is 0 Å². The van der Waals surface area contributed by atoms with E-state index in [1.54, 1.807) is 23.1 Å². The Hall–Kier alpha value is -1.75. The third-order valence-electron chi connectivity index (χ3n) is 2.67. The van der Waals surface area contributed by atoms with Gasteiger partial charge in [-0.2, -0.15) is 0 Å². The summed E-state index contributed by atoms with van der Waals surface area (Å²) in [5, 5.41) is 2.23. The van der Waals surface area contributed by atoms with E-state index in [9.17, 15) is 14.0 Å². The summed E-state index contributed by atoms with van der Waals surface area (Å²) in [6.07, 6.45) is 0.493. The Morgan fingerprint density at radius 3 is 2.47 bits per heavy atom. The van der Waals surface area contributed by atoms with Crippen LogP contribution in [-0.2, 0) is 16.0 Å². The van der Waals surface area contributed by atoms with Gasteiger partial charge in [0.25, 0.3) is 0 Å². The predicted octanol–water partition coefficient (Wildman–Crippen LogP) is 0.327. The largest absolute Gasteiger partial charge is 0.294 e. The van der Waals surface area contributed by atoms with Gasteiger partial charge in [0.1, 0.15) is 5.82 Å². The van der Waals surface area contributed by atoms with Crippen molar-refractivity contribution >= 4 is 11.8 Å². The van der Waals surface area contributed by atoms with Gasteiger partial charge in [-0.3, -0.25) is 19.8 Å². The Morgan fingerprint density at radius 1 is 1.18 bits per heavy atom. The summed E-state index contributed by atoms with van der Waals surface area (Å²) < 4.78 is 13.3.